The van der Waals surface area contributed by atoms with Gasteiger partial charge in [0, 0.05) is 18.2 Å². The molecule has 2 rings (SSSR count). The Hall–Kier alpha value is -1.77. The molecule has 0 atom stereocenters. The maximum Gasteiger partial charge on any atom is 0.162 e. The van der Waals surface area contributed by atoms with Crippen molar-refractivity contribution in [3.8, 4) is 5.75 Å². The largest absolute Gasteiger partial charge is 0.382 e. The van der Waals surface area contributed by atoms with E-state index in [0.717, 1.165) is 23.2 Å². The van der Waals surface area contributed by atoms with Crippen LogP contribution in [0.2, 0.25) is 0 Å². The van der Waals surface area contributed by atoms with Gasteiger partial charge in [-0.1, -0.05) is 6.07 Å². The number of fused-ring (bicyclic) bond motifs is 1. The fourth-order valence-electron chi connectivity index (χ4n) is 1.27. The summed E-state index contributed by atoms with van der Waals surface area (Å²) in [7, 11) is 0. The second kappa shape index (κ2) is 3.31. The number of hydrogen-bond acceptors (Lipinski definition) is 3. The van der Waals surface area contributed by atoms with Crippen LogP contribution in [0.4, 0.5) is 0 Å². The lowest BCUT2D eigenvalue weighted by Gasteiger charge is -2.12. The van der Waals surface area contributed by atoms with Crippen molar-refractivity contribution in [2.45, 2.75) is 6.42 Å². The van der Waals surface area contributed by atoms with Gasteiger partial charge in [-0.25, -0.2) is 5.48 Å². The summed E-state index contributed by atoms with van der Waals surface area (Å²) in [6.07, 6.45) is 4.97. The van der Waals surface area contributed by atoms with Gasteiger partial charge in [0.25, 0.3) is 0 Å². The molecule has 66 valence electrons. The van der Waals surface area contributed by atoms with Gasteiger partial charge in [-0.05, 0) is 23.8 Å². The normalized spacial score (nSPS) is 12.6. The van der Waals surface area contributed by atoms with E-state index in [0.29, 0.717) is 6.42 Å². The monoisotopic (exact) mass is 175 g/mol. The number of hydrogen-bond donors (Lipinski definition) is 1. The number of rotatable bonds is 2. The highest BCUT2D eigenvalue weighted by atomic mass is 16.6. The molecule has 1 aromatic rings. The predicted octanol–water partition coefficient (Wildman–Crippen LogP) is 1.30. The minimum atomic E-state index is 0.453. The SMILES string of the molecule is O=CCc1ccc2c(c1)C=CNO2. The van der Waals surface area contributed by atoms with Gasteiger partial charge in [-0.2, -0.15) is 0 Å². The van der Waals surface area contributed by atoms with E-state index in [2.05, 4.69) is 5.48 Å². The molecule has 0 bridgehead atoms. The van der Waals surface area contributed by atoms with Gasteiger partial charge in [0.05, 0.1) is 0 Å². The molecule has 0 spiro atoms. The number of carbonyl (C=O) groups is 1. The van der Waals surface area contributed by atoms with Crippen LogP contribution >= 0.6 is 0 Å². The first-order chi connectivity index (χ1) is 6.40. The standard InChI is InChI=1S/C10H9NO2/c12-6-4-8-1-2-10-9(7-8)3-5-11-13-10/h1-3,5-7,11H,4H2. The molecule has 0 aromatic heterocycles. The van der Waals surface area contributed by atoms with Crippen molar-refractivity contribution in [3.05, 3.63) is 35.5 Å². The summed E-state index contributed by atoms with van der Waals surface area (Å²) >= 11 is 0. The van der Waals surface area contributed by atoms with Crippen molar-refractivity contribution < 1.29 is 9.63 Å². The van der Waals surface area contributed by atoms with Gasteiger partial charge in [-0.3, -0.25) is 0 Å². The van der Waals surface area contributed by atoms with Gasteiger partial charge in [0.15, 0.2) is 5.75 Å². The summed E-state index contributed by atoms with van der Waals surface area (Å²) in [5.41, 5.74) is 4.64. The van der Waals surface area contributed by atoms with E-state index in [-0.39, 0.29) is 0 Å². The van der Waals surface area contributed by atoms with E-state index >= 15 is 0 Å². The summed E-state index contributed by atoms with van der Waals surface area (Å²) in [6, 6.07) is 5.68. The van der Waals surface area contributed by atoms with Gasteiger partial charge >= 0.3 is 0 Å². The van der Waals surface area contributed by atoms with E-state index in [4.69, 9.17) is 4.84 Å². The quantitative estimate of drug-likeness (QED) is 0.688. The van der Waals surface area contributed by atoms with E-state index in [1.165, 1.54) is 0 Å². The number of hydroxylamine groups is 1. The first-order valence-electron chi connectivity index (χ1n) is 4.05. The van der Waals surface area contributed by atoms with Gasteiger partial charge < -0.3 is 9.63 Å². The Kier molecular flexibility index (Phi) is 2.00. The lowest BCUT2D eigenvalue weighted by molar-refractivity contribution is -0.107. The summed E-state index contributed by atoms with van der Waals surface area (Å²) in [5.74, 6) is 0.789. The Morgan fingerprint density at radius 3 is 3.23 bits per heavy atom. The molecule has 1 aliphatic rings. The highest BCUT2D eigenvalue weighted by Crippen LogP contribution is 2.23. The van der Waals surface area contributed by atoms with E-state index in [1.807, 2.05) is 24.3 Å². The number of carbonyl (C=O) groups excluding carboxylic acids is 1. The molecule has 0 amide bonds. The molecule has 0 radical (unpaired) electrons. The Morgan fingerprint density at radius 1 is 1.46 bits per heavy atom. The lowest BCUT2D eigenvalue weighted by Crippen LogP contribution is -2.14. The third-order valence-electron chi connectivity index (χ3n) is 1.89. The third kappa shape index (κ3) is 1.54. The average Bonchev–Trinajstić information content (AvgIpc) is 2.18. The van der Waals surface area contributed by atoms with Crippen molar-refractivity contribution in [2.75, 3.05) is 0 Å². The lowest BCUT2D eigenvalue weighted by atomic mass is 10.1. The fraction of sp³-hybridized carbons (Fsp3) is 0.100. The minimum Gasteiger partial charge on any atom is -0.382 e. The summed E-state index contributed by atoms with van der Waals surface area (Å²) in [5, 5.41) is 0. The molecule has 0 saturated carbocycles. The molecule has 0 fully saturated rings. The summed E-state index contributed by atoms with van der Waals surface area (Å²) in [4.78, 5) is 15.4. The molecular formula is C10H9NO2. The van der Waals surface area contributed by atoms with Crippen LogP contribution in [0.3, 0.4) is 0 Å². The van der Waals surface area contributed by atoms with Crippen LogP contribution in [-0.2, 0) is 11.2 Å². The first kappa shape index (κ1) is 7.86. The first-order valence-corrected chi connectivity index (χ1v) is 4.05. The molecule has 0 unspecified atom stereocenters. The van der Waals surface area contributed by atoms with Crippen LogP contribution < -0.4 is 10.3 Å². The topological polar surface area (TPSA) is 38.3 Å². The Balaban J connectivity index is 2.36. The van der Waals surface area contributed by atoms with Crippen LogP contribution in [0.1, 0.15) is 11.1 Å². The summed E-state index contributed by atoms with van der Waals surface area (Å²) in [6.45, 7) is 0. The average molecular weight is 175 g/mol. The van der Waals surface area contributed by atoms with E-state index in [1.54, 1.807) is 6.20 Å². The van der Waals surface area contributed by atoms with Gasteiger partial charge in [0.2, 0.25) is 0 Å². The molecule has 13 heavy (non-hydrogen) atoms. The maximum absolute atomic E-state index is 10.3. The Morgan fingerprint density at radius 2 is 2.38 bits per heavy atom. The molecular weight excluding hydrogens is 166 g/mol. The van der Waals surface area contributed by atoms with E-state index in [9.17, 15) is 4.79 Å². The Bertz CT molecular complexity index is 358. The molecule has 1 aliphatic heterocycles. The third-order valence-corrected chi connectivity index (χ3v) is 1.89. The minimum absolute atomic E-state index is 0.453. The molecule has 1 heterocycles. The van der Waals surface area contributed by atoms with Gasteiger partial charge in [-0.15, -0.1) is 0 Å². The highest BCUT2D eigenvalue weighted by molar-refractivity contribution is 5.62. The smallest absolute Gasteiger partial charge is 0.162 e. The van der Waals surface area contributed by atoms with Crippen LogP contribution in [0.25, 0.3) is 6.08 Å². The second-order valence-electron chi connectivity index (χ2n) is 2.80. The van der Waals surface area contributed by atoms with Crippen molar-refractivity contribution in [2.24, 2.45) is 0 Å². The predicted molar refractivity (Wildman–Crippen MR) is 49.0 cm³/mol. The van der Waals surface area contributed by atoms with Crippen molar-refractivity contribution in [1.29, 1.82) is 0 Å². The van der Waals surface area contributed by atoms with Crippen LogP contribution in [0.15, 0.2) is 24.4 Å². The van der Waals surface area contributed by atoms with E-state index < -0.39 is 0 Å². The zero-order valence-corrected chi connectivity index (χ0v) is 6.99. The van der Waals surface area contributed by atoms with Crippen molar-refractivity contribution in [1.82, 2.24) is 5.48 Å². The van der Waals surface area contributed by atoms with Crippen molar-refractivity contribution >= 4 is 12.4 Å². The highest BCUT2D eigenvalue weighted by Gasteiger charge is 2.05. The second-order valence-corrected chi connectivity index (χ2v) is 2.80. The molecule has 1 aromatic carbocycles. The molecule has 1 N–H and O–H groups in total. The molecule has 3 nitrogen and oxygen atoms in total. The Labute approximate surface area is 76.0 Å². The zero-order valence-electron chi connectivity index (χ0n) is 6.99. The molecule has 0 aliphatic carbocycles. The zero-order chi connectivity index (χ0) is 9.10. The summed E-state index contributed by atoms with van der Waals surface area (Å²) < 4.78 is 0. The van der Waals surface area contributed by atoms with Crippen LogP contribution in [0, 0.1) is 0 Å². The number of nitrogens with one attached hydrogen (secondary N) is 1. The molecule has 3 heteroatoms. The maximum atomic E-state index is 10.3. The number of benzene rings is 1. The number of aldehydes is 1. The van der Waals surface area contributed by atoms with Crippen molar-refractivity contribution in [3.63, 3.8) is 0 Å². The fourth-order valence-corrected chi connectivity index (χ4v) is 1.27. The van der Waals surface area contributed by atoms with Crippen LogP contribution in [0.5, 0.6) is 5.75 Å². The molecule has 0 saturated heterocycles. The van der Waals surface area contributed by atoms with Gasteiger partial charge in [0.1, 0.15) is 6.29 Å². The van der Waals surface area contributed by atoms with Crippen LogP contribution in [-0.4, -0.2) is 6.29 Å².